The maximum atomic E-state index is 8.97. The number of hydrogen-bond donors (Lipinski definition) is 0. The molecule has 2 aromatic rings. The van der Waals surface area contributed by atoms with E-state index >= 15 is 0 Å². The second-order valence-electron chi connectivity index (χ2n) is 7.83. The summed E-state index contributed by atoms with van der Waals surface area (Å²) in [4.78, 5) is 5.40. The van der Waals surface area contributed by atoms with Crippen molar-refractivity contribution in [2.24, 2.45) is 0 Å². The lowest BCUT2D eigenvalue weighted by atomic mass is 9.84. The molecule has 30 heavy (non-hydrogen) atoms. The molecule has 1 fully saturated rings. The number of ether oxygens (including phenoxy) is 1. The van der Waals surface area contributed by atoms with Crippen LogP contribution in [0.5, 0.6) is 5.75 Å². The Balaban J connectivity index is 1.64. The van der Waals surface area contributed by atoms with Crippen molar-refractivity contribution >= 4 is 11.8 Å². The monoisotopic (exact) mass is 399 g/mol. The van der Waals surface area contributed by atoms with Crippen LogP contribution >= 0.6 is 0 Å². The summed E-state index contributed by atoms with van der Waals surface area (Å²) in [6.07, 6.45) is 8.31. The lowest BCUT2D eigenvalue weighted by molar-refractivity contribution is 0.315. The predicted molar refractivity (Wildman–Crippen MR) is 122 cm³/mol. The largest absolute Gasteiger partial charge is 0.473 e. The van der Waals surface area contributed by atoms with Crippen molar-refractivity contribution in [2.45, 2.75) is 51.9 Å². The van der Waals surface area contributed by atoms with Gasteiger partial charge >= 0.3 is 0 Å². The quantitative estimate of drug-likeness (QED) is 0.296. The summed E-state index contributed by atoms with van der Waals surface area (Å²) in [7, 11) is 0. The maximum Gasteiger partial charge on any atom is 0.262 e. The Morgan fingerprint density at radius 1 is 1.20 bits per heavy atom. The Hall–Kier alpha value is -3.24. The summed E-state index contributed by atoms with van der Waals surface area (Å²) in [5, 5.41) is 8.97. The van der Waals surface area contributed by atoms with E-state index in [4.69, 9.17) is 16.6 Å². The molecule has 0 atom stereocenters. The van der Waals surface area contributed by atoms with E-state index in [0.29, 0.717) is 12.6 Å². The Labute approximate surface area is 180 Å². The first-order valence-corrected chi connectivity index (χ1v) is 10.7. The van der Waals surface area contributed by atoms with Crippen molar-refractivity contribution in [1.82, 2.24) is 0 Å². The smallest absolute Gasteiger partial charge is 0.262 e. The second-order valence-corrected chi connectivity index (χ2v) is 7.83. The molecule has 0 bridgehead atoms. The van der Waals surface area contributed by atoms with Crippen LogP contribution in [0.15, 0.2) is 48.2 Å². The van der Waals surface area contributed by atoms with Crippen molar-refractivity contribution < 1.29 is 4.74 Å². The Morgan fingerprint density at radius 2 is 1.93 bits per heavy atom. The molecule has 0 unspecified atom stereocenters. The molecule has 4 heteroatoms. The molecule has 0 amide bonds. The van der Waals surface area contributed by atoms with Gasteiger partial charge in [-0.25, -0.2) is 10.1 Å². The second kappa shape index (κ2) is 10.5. The molecule has 0 radical (unpaired) electrons. The molecule has 1 aliphatic rings. The first-order chi connectivity index (χ1) is 14.6. The number of rotatable bonds is 7. The van der Waals surface area contributed by atoms with Gasteiger partial charge in [-0.3, -0.25) is 0 Å². The van der Waals surface area contributed by atoms with Crippen LogP contribution in [-0.2, 0) is 0 Å². The van der Waals surface area contributed by atoms with Gasteiger partial charge < -0.3 is 9.64 Å². The minimum absolute atomic E-state index is 0.0956. The topological polar surface area (TPSA) is 40.6 Å². The van der Waals surface area contributed by atoms with Gasteiger partial charge in [0.1, 0.15) is 5.75 Å². The molecule has 2 aromatic carbocycles. The third kappa shape index (κ3) is 5.43. The number of hydrogen-bond acceptors (Lipinski definition) is 3. The van der Waals surface area contributed by atoms with Crippen molar-refractivity contribution in [3.05, 3.63) is 76.3 Å². The lowest BCUT2D eigenvalue weighted by Crippen LogP contribution is -2.27. The van der Waals surface area contributed by atoms with Gasteiger partial charge in [-0.15, -0.1) is 0 Å². The predicted octanol–water partition coefficient (Wildman–Crippen LogP) is 6.69. The highest BCUT2D eigenvalue weighted by Gasteiger charge is 2.15. The van der Waals surface area contributed by atoms with Crippen LogP contribution in [0.4, 0.5) is 5.69 Å². The fourth-order valence-electron chi connectivity index (χ4n) is 4.03. The van der Waals surface area contributed by atoms with Crippen LogP contribution in [0.2, 0.25) is 0 Å². The van der Waals surface area contributed by atoms with Crippen LogP contribution in [0.3, 0.4) is 0 Å². The maximum absolute atomic E-state index is 8.97. The Kier molecular flexibility index (Phi) is 7.52. The zero-order valence-electron chi connectivity index (χ0n) is 17.9. The highest BCUT2D eigenvalue weighted by molar-refractivity contribution is 5.65. The third-order valence-corrected chi connectivity index (χ3v) is 5.87. The van der Waals surface area contributed by atoms with Crippen LogP contribution in [-0.4, -0.2) is 13.3 Å². The fourth-order valence-corrected chi connectivity index (χ4v) is 4.03. The van der Waals surface area contributed by atoms with Crippen LogP contribution in [0.1, 0.15) is 61.6 Å². The van der Waals surface area contributed by atoms with Crippen molar-refractivity contribution in [1.29, 1.82) is 5.26 Å². The summed E-state index contributed by atoms with van der Waals surface area (Å²) in [5.74, 6) is 1.60. The molecule has 0 aromatic heterocycles. The van der Waals surface area contributed by atoms with Gasteiger partial charge in [0, 0.05) is 12.2 Å². The van der Waals surface area contributed by atoms with Gasteiger partial charge in [0.2, 0.25) is 0 Å². The fraction of sp³-hybridized carbons (Fsp3) is 0.385. The number of nitriles is 1. The number of benzene rings is 2. The molecule has 0 heterocycles. The highest BCUT2D eigenvalue weighted by Crippen LogP contribution is 2.33. The minimum Gasteiger partial charge on any atom is -0.473 e. The van der Waals surface area contributed by atoms with E-state index in [9.17, 15) is 0 Å². The molecule has 4 nitrogen and oxygen atoms in total. The molecular formula is C26H29N3O. The highest BCUT2D eigenvalue weighted by atomic mass is 16.5. The van der Waals surface area contributed by atoms with Gasteiger partial charge in [0.05, 0.1) is 12.6 Å². The number of allylic oxidation sites excluding steroid dienone is 1. The molecule has 1 aliphatic carbocycles. The van der Waals surface area contributed by atoms with Crippen LogP contribution in [0, 0.1) is 24.8 Å². The van der Waals surface area contributed by atoms with E-state index in [1.54, 1.807) is 6.08 Å². The van der Waals surface area contributed by atoms with E-state index in [1.165, 1.54) is 37.7 Å². The Bertz CT molecular complexity index is 941. The third-order valence-electron chi connectivity index (χ3n) is 5.87. The number of nitrogens with zero attached hydrogens (tertiary/aromatic N) is 3. The molecule has 0 spiro atoms. The summed E-state index contributed by atoms with van der Waals surface area (Å²) >= 11 is 0. The molecule has 0 saturated heterocycles. The van der Waals surface area contributed by atoms with Gasteiger partial charge in [0.25, 0.3) is 5.70 Å². The lowest BCUT2D eigenvalue weighted by Gasteiger charge is -2.25. The van der Waals surface area contributed by atoms with Crippen LogP contribution in [0.25, 0.3) is 10.9 Å². The molecule has 3 rings (SSSR count). The molecular weight excluding hydrogens is 370 g/mol. The molecule has 0 N–H and O–H groups in total. The minimum atomic E-state index is 0.0956. The average Bonchev–Trinajstić information content (AvgIpc) is 2.80. The van der Waals surface area contributed by atoms with E-state index in [0.717, 1.165) is 29.1 Å². The van der Waals surface area contributed by atoms with E-state index in [-0.39, 0.29) is 5.70 Å². The molecule has 154 valence electrons. The van der Waals surface area contributed by atoms with E-state index < -0.39 is 0 Å². The van der Waals surface area contributed by atoms with Gasteiger partial charge in [-0.05, 0) is 79.6 Å². The zero-order chi connectivity index (χ0) is 21.3. The van der Waals surface area contributed by atoms with Crippen molar-refractivity contribution in [3.8, 4) is 11.8 Å². The Morgan fingerprint density at radius 3 is 2.53 bits per heavy atom. The first kappa shape index (κ1) is 21.5. The normalized spacial score (nSPS) is 14.6. The summed E-state index contributed by atoms with van der Waals surface area (Å²) in [6, 6.07) is 16.6. The van der Waals surface area contributed by atoms with Crippen molar-refractivity contribution in [2.75, 3.05) is 18.2 Å². The van der Waals surface area contributed by atoms with E-state index in [2.05, 4.69) is 47.0 Å². The number of anilines is 1. The first-order valence-electron chi connectivity index (χ1n) is 10.7. The van der Waals surface area contributed by atoms with Crippen LogP contribution < -0.4 is 9.64 Å². The van der Waals surface area contributed by atoms with E-state index in [1.807, 2.05) is 25.1 Å². The van der Waals surface area contributed by atoms with Gasteiger partial charge in [0.15, 0.2) is 6.73 Å². The zero-order valence-corrected chi connectivity index (χ0v) is 17.9. The molecule has 1 saturated carbocycles. The summed E-state index contributed by atoms with van der Waals surface area (Å²) in [5.41, 5.74) is 4.51. The summed E-state index contributed by atoms with van der Waals surface area (Å²) < 4.78 is 6.06. The number of aryl methyl sites for hydroxylation is 1. The van der Waals surface area contributed by atoms with Gasteiger partial charge in [-0.2, -0.15) is 0 Å². The molecule has 0 aliphatic heterocycles. The SMILES string of the molecule is [C-]#[N+]/C(C#N)=C\c1ccc(N(CC)COc2ccc(C3CCCCC3)cc2)cc1C. The average molecular weight is 400 g/mol. The summed E-state index contributed by atoms with van der Waals surface area (Å²) in [6.45, 7) is 12.4. The van der Waals surface area contributed by atoms with Crippen molar-refractivity contribution in [3.63, 3.8) is 0 Å². The standard InChI is InChI=1S/C26H29N3O/c1-4-29(25-13-10-23(20(2)16-25)17-24(18-27)28-3)19-30-26-14-11-22(12-15-26)21-8-6-5-7-9-21/h10-17,21H,4-9,19H2,1-2H3/b24-17-. The van der Waals surface area contributed by atoms with Gasteiger partial charge in [-0.1, -0.05) is 37.5 Å².